The number of imidazole rings is 1. The van der Waals surface area contributed by atoms with Crippen LogP contribution >= 0.6 is 0 Å². The fraction of sp³-hybridized carbons (Fsp3) is 0.276. The highest BCUT2D eigenvalue weighted by atomic mass is 19.1. The number of methoxy groups -OCH3 is 1. The van der Waals surface area contributed by atoms with Crippen LogP contribution in [0.4, 0.5) is 10.1 Å². The SMILES string of the molecule is CNC(=O)c1ccc2c(c1)nc(Cc1ccc(C(C)(C)F)cc1OC)n2-c1ccc2c(c1)CCC(=O)N2. The van der Waals surface area contributed by atoms with E-state index in [0.717, 1.165) is 33.8 Å². The number of nitrogens with zero attached hydrogens (tertiary/aromatic N) is 2. The lowest BCUT2D eigenvalue weighted by Crippen LogP contribution is -2.19. The van der Waals surface area contributed by atoms with Crippen molar-refractivity contribution in [1.82, 2.24) is 14.9 Å². The molecule has 0 fully saturated rings. The van der Waals surface area contributed by atoms with Gasteiger partial charge in [0.25, 0.3) is 5.91 Å². The summed E-state index contributed by atoms with van der Waals surface area (Å²) in [6.07, 6.45) is 1.53. The van der Waals surface area contributed by atoms with E-state index in [1.165, 1.54) is 13.8 Å². The molecule has 2 heterocycles. The Bertz CT molecular complexity index is 1530. The van der Waals surface area contributed by atoms with Crippen LogP contribution in [0, 0.1) is 0 Å². The minimum Gasteiger partial charge on any atom is -0.496 e. The van der Waals surface area contributed by atoms with Gasteiger partial charge in [-0.2, -0.15) is 0 Å². The van der Waals surface area contributed by atoms with Crippen LogP contribution in [-0.4, -0.2) is 35.5 Å². The average Bonchev–Trinajstić information content (AvgIpc) is 3.24. The van der Waals surface area contributed by atoms with Crippen LogP contribution in [0.15, 0.2) is 54.6 Å². The maximum absolute atomic E-state index is 14.6. The van der Waals surface area contributed by atoms with Crippen LogP contribution in [0.3, 0.4) is 0 Å². The number of carbonyl (C=O) groups excluding carboxylic acids is 2. The number of hydrogen-bond acceptors (Lipinski definition) is 4. The number of aromatic nitrogens is 2. The molecule has 0 saturated heterocycles. The van der Waals surface area contributed by atoms with Crippen molar-refractivity contribution in [3.05, 3.63) is 82.7 Å². The summed E-state index contributed by atoms with van der Waals surface area (Å²) < 4.78 is 22.3. The van der Waals surface area contributed by atoms with Gasteiger partial charge in [0, 0.05) is 42.4 Å². The van der Waals surface area contributed by atoms with E-state index in [1.54, 1.807) is 38.4 Å². The van der Waals surface area contributed by atoms with Gasteiger partial charge in [-0.15, -0.1) is 0 Å². The van der Waals surface area contributed by atoms with E-state index >= 15 is 0 Å². The maximum atomic E-state index is 14.6. The number of carbonyl (C=O) groups is 2. The van der Waals surface area contributed by atoms with Crippen molar-refractivity contribution < 1.29 is 18.7 Å². The first-order valence-corrected chi connectivity index (χ1v) is 12.2. The second-order valence-corrected chi connectivity index (χ2v) is 9.71. The summed E-state index contributed by atoms with van der Waals surface area (Å²) in [7, 11) is 3.17. The third kappa shape index (κ3) is 4.67. The molecule has 2 N–H and O–H groups in total. The molecule has 7 nitrogen and oxygen atoms in total. The first-order valence-electron chi connectivity index (χ1n) is 12.2. The highest BCUT2D eigenvalue weighted by molar-refractivity contribution is 5.97. The highest BCUT2D eigenvalue weighted by Crippen LogP contribution is 2.33. The van der Waals surface area contributed by atoms with Gasteiger partial charge in [-0.05, 0) is 73.9 Å². The monoisotopic (exact) mass is 500 g/mol. The van der Waals surface area contributed by atoms with Gasteiger partial charge in [-0.25, -0.2) is 9.37 Å². The predicted molar refractivity (Wildman–Crippen MR) is 141 cm³/mol. The molecule has 1 aliphatic heterocycles. The van der Waals surface area contributed by atoms with Crippen molar-refractivity contribution in [2.24, 2.45) is 0 Å². The van der Waals surface area contributed by atoms with Crippen molar-refractivity contribution in [3.63, 3.8) is 0 Å². The lowest BCUT2D eigenvalue weighted by molar-refractivity contribution is -0.116. The molecule has 0 spiro atoms. The molecule has 4 aromatic rings. The standard InChI is InChI=1S/C29H29FN4O3/c1-29(2,30)20-8-5-18(25(16-20)37-4)15-26-32-23-14-19(28(36)31-3)6-11-24(23)34(26)21-9-10-22-17(13-21)7-12-27(35)33-22/h5-6,8-11,13-14,16H,7,12,15H2,1-4H3,(H,31,36)(H,33,35). The molecule has 0 saturated carbocycles. The summed E-state index contributed by atoms with van der Waals surface area (Å²) in [4.78, 5) is 29.0. The van der Waals surface area contributed by atoms with Crippen LogP contribution in [-0.2, 0) is 23.3 Å². The minimum absolute atomic E-state index is 0.0164. The molecule has 0 aliphatic carbocycles. The summed E-state index contributed by atoms with van der Waals surface area (Å²) in [6.45, 7) is 3.03. The number of nitrogens with one attached hydrogen (secondary N) is 2. The van der Waals surface area contributed by atoms with Gasteiger partial charge in [0.2, 0.25) is 5.91 Å². The fourth-order valence-corrected chi connectivity index (χ4v) is 4.76. The Morgan fingerprint density at radius 2 is 1.95 bits per heavy atom. The van der Waals surface area contributed by atoms with Gasteiger partial charge in [-0.1, -0.05) is 12.1 Å². The zero-order chi connectivity index (χ0) is 26.3. The Morgan fingerprint density at radius 1 is 1.14 bits per heavy atom. The molecule has 0 bridgehead atoms. The van der Waals surface area contributed by atoms with E-state index in [4.69, 9.17) is 9.72 Å². The quantitative estimate of drug-likeness (QED) is 0.387. The number of aryl methyl sites for hydroxylation is 1. The Labute approximate surface area is 214 Å². The molecule has 0 radical (unpaired) electrons. The van der Waals surface area contributed by atoms with Crippen LogP contribution in [0.1, 0.15) is 53.1 Å². The zero-order valence-electron chi connectivity index (χ0n) is 21.3. The predicted octanol–water partition coefficient (Wildman–Crippen LogP) is 5.07. The number of ether oxygens (including phenoxy) is 1. The molecule has 190 valence electrons. The molecule has 1 aromatic heterocycles. The number of amides is 2. The number of alkyl halides is 1. The second kappa shape index (κ2) is 9.35. The molecule has 0 atom stereocenters. The molecular formula is C29H29FN4O3. The van der Waals surface area contributed by atoms with Crippen molar-refractivity contribution in [1.29, 1.82) is 0 Å². The van der Waals surface area contributed by atoms with Crippen LogP contribution < -0.4 is 15.4 Å². The highest BCUT2D eigenvalue weighted by Gasteiger charge is 2.23. The fourth-order valence-electron chi connectivity index (χ4n) is 4.76. The van der Waals surface area contributed by atoms with Gasteiger partial charge in [0.15, 0.2) is 0 Å². The lowest BCUT2D eigenvalue weighted by Gasteiger charge is -2.19. The molecule has 1 aliphatic rings. The normalized spacial score (nSPS) is 13.3. The topological polar surface area (TPSA) is 85.2 Å². The smallest absolute Gasteiger partial charge is 0.251 e. The lowest BCUT2D eigenvalue weighted by atomic mass is 9.97. The van der Waals surface area contributed by atoms with Crippen LogP contribution in [0.5, 0.6) is 5.75 Å². The van der Waals surface area contributed by atoms with Crippen LogP contribution in [0.2, 0.25) is 0 Å². The number of benzene rings is 3. The summed E-state index contributed by atoms with van der Waals surface area (Å²) in [5.74, 6) is 1.16. The first kappa shape index (κ1) is 24.5. The Hall–Kier alpha value is -4.20. The number of halogens is 1. The Morgan fingerprint density at radius 3 is 2.68 bits per heavy atom. The van der Waals surface area contributed by atoms with Gasteiger partial charge >= 0.3 is 0 Å². The maximum Gasteiger partial charge on any atom is 0.251 e. The van der Waals surface area contributed by atoms with Crippen molar-refractivity contribution in [2.45, 2.75) is 38.8 Å². The van der Waals surface area contributed by atoms with Gasteiger partial charge in [-0.3, -0.25) is 14.2 Å². The Balaban J connectivity index is 1.65. The largest absolute Gasteiger partial charge is 0.496 e. The molecule has 5 rings (SSSR count). The van der Waals surface area contributed by atoms with E-state index in [2.05, 4.69) is 21.3 Å². The number of hydrogen-bond donors (Lipinski definition) is 2. The molecule has 2 amide bonds. The Kier molecular flexibility index (Phi) is 6.19. The van der Waals surface area contributed by atoms with E-state index in [9.17, 15) is 14.0 Å². The minimum atomic E-state index is -1.49. The molecule has 8 heteroatoms. The second-order valence-electron chi connectivity index (χ2n) is 9.71. The zero-order valence-corrected chi connectivity index (χ0v) is 21.3. The molecule has 3 aromatic carbocycles. The van der Waals surface area contributed by atoms with Gasteiger partial charge in [0.1, 0.15) is 17.2 Å². The third-order valence-corrected chi connectivity index (χ3v) is 6.78. The van der Waals surface area contributed by atoms with E-state index in [1.807, 2.05) is 24.3 Å². The molecule has 37 heavy (non-hydrogen) atoms. The molecule has 0 unspecified atom stereocenters. The number of fused-ring (bicyclic) bond motifs is 2. The molecular weight excluding hydrogens is 471 g/mol. The first-order chi connectivity index (χ1) is 17.7. The summed E-state index contributed by atoms with van der Waals surface area (Å²) in [5.41, 5.74) is 4.74. The average molecular weight is 501 g/mol. The van der Waals surface area contributed by atoms with E-state index in [0.29, 0.717) is 41.7 Å². The number of rotatable bonds is 6. The van der Waals surface area contributed by atoms with Gasteiger partial charge < -0.3 is 15.4 Å². The van der Waals surface area contributed by atoms with E-state index < -0.39 is 5.67 Å². The van der Waals surface area contributed by atoms with Crippen molar-refractivity contribution >= 4 is 28.5 Å². The van der Waals surface area contributed by atoms with Crippen LogP contribution in [0.25, 0.3) is 16.7 Å². The third-order valence-electron chi connectivity index (χ3n) is 6.78. The summed E-state index contributed by atoms with van der Waals surface area (Å²) in [6, 6.07) is 16.8. The van der Waals surface area contributed by atoms with Crippen molar-refractivity contribution in [3.8, 4) is 11.4 Å². The summed E-state index contributed by atoms with van der Waals surface area (Å²) >= 11 is 0. The summed E-state index contributed by atoms with van der Waals surface area (Å²) in [5, 5.41) is 5.58. The van der Waals surface area contributed by atoms with E-state index in [-0.39, 0.29) is 11.8 Å². The van der Waals surface area contributed by atoms with Crippen molar-refractivity contribution in [2.75, 3.05) is 19.5 Å². The number of anilines is 1. The van der Waals surface area contributed by atoms with Gasteiger partial charge in [0.05, 0.1) is 18.1 Å².